The molecule has 1 aromatic heterocycles. The zero-order valence-electron chi connectivity index (χ0n) is 22.7. The molecule has 0 bridgehead atoms. The summed E-state index contributed by atoms with van der Waals surface area (Å²) in [5.41, 5.74) is 6.78. The molecule has 0 amide bonds. The van der Waals surface area contributed by atoms with Crippen molar-refractivity contribution in [3.8, 4) is 22.8 Å². The van der Waals surface area contributed by atoms with Crippen LogP contribution in [-0.2, 0) is 13.5 Å². The summed E-state index contributed by atoms with van der Waals surface area (Å²) in [5.74, 6) is 2.75. The second-order valence-electron chi connectivity index (χ2n) is 12.6. The molecule has 2 aliphatic rings. The topological polar surface area (TPSA) is 13.1 Å². The average molecular weight is 487 g/mol. The van der Waals surface area contributed by atoms with Gasteiger partial charge in [-0.2, -0.15) is 0 Å². The number of hydrogen-bond donors (Lipinski definition) is 0. The third kappa shape index (κ3) is 3.49. The van der Waals surface area contributed by atoms with E-state index in [1.54, 1.807) is 0 Å². The van der Waals surface area contributed by atoms with Crippen molar-refractivity contribution < 1.29 is 9.30 Å². The minimum absolute atomic E-state index is 0.142. The van der Waals surface area contributed by atoms with Gasteiger partial charge in [0.2, 0.25) is 5.69 Å². The predicted octanol–water partition coefficient (Wildman–Crippen LogP) is 9.30. The van der Waals surface area contributed by atoms with Crippen molar-refractivity contribution in [2.45, 2.75) is 65.7 Å². The number of ether oxygens (including phenoxy) is 1. The van der Waals surface area contributed by atoms with Gasteiger partial charge in [0.25, 0.3) is 0 Å². The molecule has 0 saturated heterocycles. The number of rotatable bonds is 2. The lowest BCUT2D eigenvalue weighted by atomic mass is 9.81. The van der Waals surface area contributed by atoms with Crippen molar-refractivity contribution >= 4 is 32.3 Å². The van der Waals surface area contributed by atoms with Crippen LogP contribution in [0, 0.1) is 12.3 Å². The molecule has 7 rings (SSSR count). The van der Waals surface area contributed by atoms with Crippen LogP contribution in [0.25, 0.3) is 43.6 Å². The van der Waals surface area contributed by atoms with E-state index < -0.39 is 0 Å². The summed E-state index contributed by atoms with van der Waals surface area (Å²) in [6.45, 7) is 9.24. The Morgan fingerprint density at radius 3 is 2.41 bits per heavy atom. The van der Waals surface area contributed by atoms with Crippen LogP contribution >= 0.6 is 0 Å². The molecule has 1 aliphatic carbocycles. The van der Waals surface area contributed by atoms with E-state index in [0.29, 0.717) is 5.92 Å². The van der Waals surface area contributed by atoms with Crippen LogP contribution in [-0.4, -0.2) is 0 Å². The molecule has 1 fully saturated rings. The van der Waals surface area contributed by atoms with Crippen molar-refractivity contribution in [2.75, 3.05) is 0 Å². The van der Waals surface area contributed by atoms with Gasteiger partial charge in [-0.1, -0.05) is 76.1 Å². The molecule has 0 atom stereocenters. The maximum Gasteiger partial charge on any atom is 0.228 e. The second-order valence-corrected chi connectivity index (χ2v) is 12.6. The minimum Gasteiger partial charge on any atom is -0.455 e. The fraction of sp³-hybridized carbons (Fsp3) is 0.343. The highest BCUT2D eigenvalue weighted by Crippen LogP contribution is 2.53. The summed E-state index contributed by atoms with van der Waals surface area (Å²) in [6, 6.07) is 20.6. The smallest absolute Gasteiger partial charge is 0.228 e. The van der Waals surface area contributed by atoms with Crippen molar-refractivity contribution in [3.05, 3.63) is 77.5 Å². The molecule has 0 radical (unpaired) electrons. The van der Waals surface area contributed by atoms with Crippen molar-refractivity contribution in [1.29, 1.82) is 0 Å². The zero-order chi connectivity index (χ0) is 25.5. The Labute approximate surface area is 219 Å². The van der Waals surface area contributed by atoms with Gasteiger partial charge < -0.3 is 4.74 Å². The van der Waals surface area contributed by atoms with Crippen LogP contribution in [0.3, 0.4) is 0 Å². The second kappa shape index (κ2) is 8.05. The molecule has 0 N–H and O–H groups in total. The van der Waals surface area contributed by atoms with Crippen LogP contribution in [0.5, 0.6) is 11.5 Å². The molecule has 186 valence electrons. The van der Waals surface area contributed by atoms with Crippen LogP contribution in [0.15, 0.2) is 60.8 Å². The Kier molecular flexibility index (Phi) is 4.96. The van der Waals surface area contributed by atoms with Gasteiger partial charge in [0.15, 0.2) is 6.20 Å². The van der Waals surface area contributed by atoms with Crippen LogP contribution in [0.2, 0.25) is 0 Å². The molecule has 2 heteroatoms. The van der Waals surface area contributed by atoms with Crippen LogP contribution in [0.4, 0.5) is 0 Å². The molecule has 0 spiro atoms. The van der Waals surface area contributed by atoms with Gasteiger partial charge in [0, 0.05) is 17.0 Å². The average Bonchev–Trinajstić information content (AvgIpc) is 3.42. The summed E-state index contributed by atoms with van der Waals surface area (Å²) in [6.07, 6.45) is 8.55. The standard InChI is InChI=1S/C35H36NO/c1-21-25-12-8-9-13-27(25)29(20-35(2,3)4)34-31(21)33-32-28(16-17-36(33)5)26-15-14-23(22-10-6-7-11-22)18-24(26)19-30(32)37-34/h8-9,12-19,22H,6-7,10-11,20H2,1-5H3/q+1. The third-order valence-corrected chi connectivity index (χ3v) is 8.74. The highest BCUT2D eigenvalue weighted by atomic mass is 16.5. The van der Waals surface area contributed by atoms with E-state index in [0.717, 1.165) is 17.9 Å². The van der Waals surface area contributed by atoms with E-state index in [2.05, 4.69) is 100 Å². The molecular formula is C35H36NO+. The Balaban J connectivity index is 1.57. The highest BCUT2D eigenvalue weighted by molar-refractivity contribution is 6.16. The first-order chi connectivity index (χ1) is 17.8. The minimum atomic E-state index is 0.142. The number of aromatic nitrogens is 1. The number of nitrogens with zero attached hydrogens (tertiary/aromatic N) is 1. The van der Waals surface area contributed by atoms with E-state index in [-0.39, 0.29) is 5.41 Å². The summed E-state index contributed by atoms with van der Waals surface area (Å²) >= 11 is 0. The number of aryl methyl sites for hydroxylation is 2. The maximum absolute atomic E-state index is 7.03. The molecule has 4 aromatic carbocycles. The number of pyridine rings is 1. The molecular weight excluding hydrogens is 450 g/mol. The van der Waals surface area contributed by atoms with Gasteiger partial charge in [-0.25, -0.2) is 4.57 Å². The molecule has 5 aromatic rings. The fourth-order valence-corrected chi connectivity index (χ4v) is 7.04. The van der Waals surface area contributed by atoms with E-state index in [4.69, 9.17) is 4.74 Å². The normalized spacial score (nSPS) is 15.5. The third-order valence-electron chi connectivity index (χ3n) is 8.74. The number of fused-ring (bicyclic) bond motifs is 5. The van der Waals surface area contributed by atoms with E-state index in [9.17, 15) is 0 Å². The molecule has 2 heterocycles. The van der Waals surface area contributed by atoms with Gasteiger partial charge in [-0.15, -0.1) is 0 Å². The van der Waals surface area contributed by atoms with Gasteiger partial charge in [0.1, 0.15) is 18.5 Å². The number of hydrogen-bond acceptors (Lipinski definition) is 1. The Morgan fingerprint density at radius 1 is 0.892 bits per heavy atom. The van der Waals surface area contributed by atoms with E-state index in [1.165, 1.54) is 85.9 Å². The Bertz CT molecular complexity index is 1730. The lowest BCUT2D eigenvalue weighted by Gasteiger charge is -2.28. The predicted molar refractivity (Wildman–Crippen MR) is 155 cm³/mol. The Morgan fingerprint density at radius 2 is 1.65 bits per heavy atom. The zero-order valence-corrected chi connectivity index (χ0v) is 22.7. The van der Waals surface area contributed by atoms with Crippen molar-refractivity contribution in [3.63, 3.8) is 0 Å². The SMILES string of the molecule is Cc1c2c(c(CC(C)(C)C)c3ccccc13)Oc1cc3cc(C4CCCC4)ccc3c3cc[n+](C)c-2c13. The summed E-state index contributed by atoms with van der Waals surface area (Å²) in [5, 5.41) is 7.78. The van der Waals surface area contributed by atoms with Gasteiger partial charge >= 0.3 is 0 Å². The van der Waals surface area contributed by atoms with E-state index in [1.807, 2.05) is 0 Å². The summed E-state index contributed by atoms with van der Waals surface area (Å²) in [7, 11) is 2.18. The van der Waals surface area contributed by atoms with Crippen LogP contribution in [0.1, 0.15) is 69.1 Å². The molecule has 1 saturated carbocycles. The first-order valence-corrected chi connectivity index (χ1v) is 13.9. The first-order valence-electron chi connectivity index (χ1n) is 13.9. The highest BCUT2D eigenvalue weighted by Gasteiger charge is 2.34. The first kappa shape index (κ1) is 22.8. The maximum atomic E-state index is 7.03. The van der Waals surface area contributed by atoms with Crippen molar-refractivity contribution in [1.82, 2.24) is 0 Å². The largest absolute Gasteiger partial charge is 0.455 e. The van der Waals surface area contributed by atoms with E-state index >= 15 is 0 Å². The summed E-state index contributed by atoms with van der Waals surface area (Å²) in [4.78, 5) is 0. The van der Waals surface area contributed by atoms with Gasteiger partial charge in [-0.3, -0.25) is 0 Å². The van der Waals surface area contributed by atoms with Crippen LogP contribution < -0.4 is 9.30 Å². The molecule has 1 aliphatic heterocycles. The van der Waals surface area contributed by atoms with Gasteiger partial charge in [0.05, 0.1) is 10.9 Å². The lowest BCUT2D eigenvalue weighted by Crippen LogP contribution is -2.32. The lowest BCUT2D eigenvalue weighted by molar-refractivity contribution is -0.659. The summed E-state index contributed by atoms with van der Waals surface area (Å²) < 4.78 is 9.33. The molecule has 2 nitrogen and oxygen atoms in total. The Hall–Kier alpha value is -3.39. The van der Waals surface area contributed by atoms with Crippen molar-refractivity contribution in [2.24, 2.45) is 12.5 Å². The molecule has 37 heavy (non-hydrogen) atoms. The quantitative estimate of drug-likeness (QED) is 0.175. The fourth-order valence-electron chi connectivity index (χ4n) is 7.04. The number of benzene rings is 4. The molecule has 0 unspecified atom stereocenters. The van der Waals surface area contributed by atoms with Gasteiger partial charge in [-0.05, 0) is 76.3 Å². The monoisotopic (exact) mass is 486 g/mol.